The number of carbonyl (C=O) groups excluding carboxylic acids is 1. The molecule has 0 radical (unpaired) electrons. The van der Waals surface area contributed by atoms with Crippen molar-refractivity contribution in [1.82, 2.24) is 14.9 Å². The van der Waals surface area contributed by atoms with E-state index in [2.05, 4.69) is 30.8 Å². The number of para-hydroxylation sites is 1. The van der Waals surface area contributed by atoms with Gasteiger partial charge in [-0.2, -0.15) is 4.98 Å². The summed E-state index contributed by atoms with van der Waals surface area (Å²) in [7, 11) is -0.982. The summed E-state index contributed by atoms with van der Waals surface area (Å²) >= 11 is 6.38. The predicted octanol–water partition coefficient (Wildman–Crippen LogP) is 5.85. The Morgan fingerprint density at radius 3 is 2.62 bits per heavy atom. The predicted molar refractivity (Wildman–Crippen MR) is 160 cm³/mol. The van der Waals surface area contributed by atoms with Crippen molar-refractivity contribution in [2.45, 2.75) is 19.3 Å². The molecule has 0 saturated carbocycles. The Labute approximate surface area is 234 Å². The van der Waals surface area contributed by atoms with E-state index >= 15 is 0 Å². The topological polar surface area (TPSA) is 108 Å². The molecule has 11 heteroatoms. The highest BCUT2D eigenvalue weighted by molar-refractivity contribution is 7.70. The van der Waals surface area contributed by atoms with E-state index in [1.165, 1.54) is 25.5 Å². The van der Waals surface area contributed by atoms with Crippen molar-refractivity contribution in [1.29, 1.82) is 0 Å². The van der Waals surface area contributed by atoms with E-state index in [9.17, 15) is 9.36 Å². The van der Waals surface area contributed by atoms with Crippen LogP contribution in [-0.4, -0.2) is 60.8 Å². The number of likely N-dealkylation sites (tertiary alicyclic amines) is 1. The van der Waals surface area contributed by atoms with E-state index in [-0.39, 0.29) is 11.9 Å². The third-order valence-corrected chi connectivity index (χ3v) is 8.10. The number of halogens is 1. The highest BCUT2D eigenvalue weighted by Gasteiger charge is 2.17. The summed E-state index contributed by atoms with van der Waals surface area (Å²) in [5, 5.41) is 10.2. The molecule has 0 aliphatic carbocycles. The minimum Gasteiger partial charge on any atom is -0.495 e. The van der Waals surface area contributed by atoms with Crippen molar-refractivity contribution in [2.24, 2.45) is 0 Å². The van der Waals surface area contributed by atoms with Crippen LogP contribution in [0.25, 0.3) is 0 Å². The molecule has 39 heavy (non-hydrogen) atoms. The van der Waals surface area contributed by atoms with Crippen LogP contribution < -0.4 is 26.0 Å². The van der Waals surface area contributed by atoms with Gasteiger partial charge in [0, 0.05) is 23.6 Å². The largest absolute Gasteiger partial charge is 0.495 e. The number of piperidine rings is 1. The first-order chi connectivity index (χ1) is 18.7. The fourth-order valence-electron chi connectivity index (χ4n) is 4.33. The lowest BCUT2D eigenvalue weighted by Crippen LogP contribution is -2.29. The molecular weight excluding hydrogens is 535 g/mol. The molecule has 4 rings (SSSR count). The molecule has 206 valence electrons. The van der Waals surface area contributed by atoms with Crippen molar-refractivity contribution >= 4 is 58.8 Å². The van der Waals surface area contributed by atoms with Crippen LogP contribution in [-0.2, 0) is 9.36 Å². The number of anilines is 5. The van der Waals surface area contributed by atoms with Gasteiger partial charge >= 0.3 is 0 Å². The lowest BCUT2D eigenvalue weighted by atomic mass is 10.1. The number of amides is 1. The Morgan fingerprint density at radius 2 is 1.87 bits per heavy atom. The molecule has 1 aliphatic heterocycles. The SMILES string of the molecule is COc1ccc(NC(=O)C=CCN2CCCCC2)cc1Nc1ncc(Cl)c(Nc2ccccc2P(C)(C)=O)n1. The summed E-state index contributed by atoms with van der Waals surface area (Å²) in [6, 6.07) is 12.6. The average Bonchev–Trinajstić information content (AvgIpc) is 2.91. The van der Waals surface area contributed by atoms with Gasteiger partial charge in [-0.15, -0.1) is 0 Å². The van der Waals surface area contributed by atoms with Gasteiger partial charge in [0.05, 0.1) is 24.7 Å². The highest BCUT2D eigenvalue weighted by atomic mass is 35.5. The molecule has 0 bridgehead atoms. The van der Waals surface area contributed by atoms with Gasteiger partial charge in [0.25, 0.3) is 0 Å². The molecular formula is C28H34ClN6O3P. The highest BCUT2D eigenvalue weighted by Crippen LogP contribution is 2.39. The summed E-state index contributed by atoms with van der Waals surface area (Å²) in [5.41, 5.74) is 1.81. The van der Waals surface area contributed by atoms with E-state index in [1.807, 2.05) is 30.3 Å². The second kappa shape index (κ2) is 13.1. The zero-order valence-corrected chi connectivity index (χ0v) is 24.1. The Morgan fingerprint density at radius 1 is 1.10 bits per heavy atom. The molecule has 0 spiro atoms. The van der Waals surface area contributed by atoms with E-state index in [1.54, 1.807) is 44.7 Å². The van der Waals surface area contributed by atoms with Gasteiger partial charge in [-0.3, -0.25) is 9.69 Å². The first kappa shape index (κ1) is 28.6. The number of hydrogen-bond acceptors (Lipinski definition) is 8. The number of nitrogens with zero attached hydrogens (tertiary/aromatic N) is 3. The van der Waals surface area contributed by atoms with Crippen molar-refractivity contribution in [3.05, 3.63) is 65.8 Å². The number of ether oxygens (including phenoxy) is 1. The summed E-state index contributed by atoms with van der Waals surface area (Å²) in [4.78, 5) is 23.7. The van der Waals surface area contributed by atoms with Gasteiger partial charge in [0.15, 0.2) is 5.82 Å². The molecule has 0 unspecified atom stereocenters. The molecule has 9 nitrogen and oxygen atoms in total. The molecule has 0 atom stereocenters. The van der Waals surface area contributed by atoms with Crippen molar-refractivity contribution in [3.63, 3.8) is 0 Å². The zero-order valence-electron chi connectivity index (χ0n) is 22.4. The molecule has 2 heterocycles. The number of carbonyl (C=O) groups is 1. The third-order valence-electron chi connectivity index (χ3n) is 6.28. The van der Waals surface area contributed by atoms with E-state index in [4.69, 9.17) is 16.3 Å². The molecule has 1 amide bonds. The lowest BCUT2D eigenvalue weighted by molar-refractivity contribution is -0.111. The Hall–Kier alpha value is -3.39. The molecule has 1 fully saturated rings. The van der Waals surface area contributed by atoms with Crippen LogP contribution in [0.15, 0.2) is 60.8 Å². The van der Waals surface area contributed by atoms with Gasteiger partial charge in [0.2, 0.25) is 11.9 Å². The Bertz CT molecular complexity index is 1390. The monoisotopic (exact) mass is 568 g/mol. The van der Waals surface area contributed by atoms with Crippen molar-refractivity contribution < 1.29 is 14.1 Å². The van der Waals surface area contributed by atoms with Crippen LogP contribution in [0, 0.1) is 0 Å². The summed E-state index contributed by atoms with van der Waals surface area (Å²) in [5.74, 6) is 0.959. The smallest absolute Gasteiger partial charge is 0.248 e. The fourth-order valence-corrected chi connectivity index (χ4v) is 5.62. The summed E-state index contributed by atoms with van der Waals surface area (Å²) in [6.45, 7) is 6.35. The van der Waals surface area contributed by atoms with Crippen LogP contribution in [0.2, 0.25) is 5.02 Å². The molecule has 2 aromatic carbocycles. The van der Waals surface area contributed by atoms with Crippen LogP contribution in [0.3, 0.4) is 0 Å². The molecule has 3 aromatic rings. The van der Waals surface area contributed by atoms with Crippen molar-refractivity contribution in [3.8, 4) is 5.75 Å². The van der Waals surface area contributed by atoms with Gasteiger partial charge in [0.1, 0.15) is 17.9 Å². The van der Waals surface area contributed by atoms with Crippen LogP contribution in [0.4, 0.5) is 28.8 Å². The molecule has 1 aromatic heterocycles. The van der Waals surface area contributed by atoms with Gasteiger partial charge < -0.3 is 25.3 Å². The number of nitrogens with one attached hydrogen (secondary N) is 3. The maximum Gasteiger partial charge on any atom is 0.248 e. The minimum atomic E-state index is -2.54. The number of aromatic nitrogens is 2. The number of rotatable bonds is 10. The van der Waals surface area contributed by atoms with Crippen molar-refractivity contribution in [2.75, 3.05) is 56.0 Å². The quantitative estimate of drug-likeness (QED) is 0.206. The van der Waals surface area contributed by atoms with E-state index in [0.29, 0.717) is 39.0 Å². The maximum atomic E-state index is 12.8. The molecule has 1 saturated heterocycles. The lowest BCUT2D eigenvalue weighted by Gasteiger charge is -2.24. The van der Waals surface area contributed by atoms with Crippen LogP contribution in [0.1, 0.15) is 19.3 Å². The second-order valence-electron chi connectivity index (χ2n) is 9.68. The molecule has 3 N–H and O–H groups in total. The first-order valence-corrected chi connectivity index (χ1v) is 15.8. The summed E-state index contributed by atoms with van der Waals surface area (Å²) in [6.07, 6.45) is 8.64. The van der Waals surface area contributed by atoms with Gasteiger partial charge in [-0.25, -0.2) is 4.98 Å². The second-order valence-corrected chi connectivity index (χ2v) is 13.3. The van der Waals surface area contributed by atoms with Gasteiger partial charge in [-0.05, 0) is 69.6 Å². The normalized spacial score (nSPS) is 14.3. The third kappa shape index (κ3) is 8.05. The fraction of sp³-hybridized carbons (Fsp3) is 0.321. The number of methoxy groups -OCH3 is 1. The summed E-state index contributed by atoms with van der Waals surface area (Å²) < 4.78 is 18.3. The zero-order chi connectivity index (χ0) is 27.8. The van der Waals surface area contributed by atoms with Gasteiger partial charge in [-0.1, -0.05) is 36.2 Å². The number of benzene rings is 2. The Kier molecular flexibility index (Phi) is 9.62. The van der Waals surface area contributed by atoms with E-state index < -0.39 is 7.14 Å². The average molecular weight is 569 g/mol. The Balaban J connectivity index is 1.48. The van der Waals surface area contributed by atoms with Crippen LogP contribution in [0.5, 0.6) is 5.75 Å². The standard InChI is InChI=1S/C28H34ClN6O3P/c1-38-24-14-13-20(31-26(36)12-9-17-35-15-7-4-8-16-35)18-23(24)33-28-30-19-21(29)27(34-28)32-22-10-5-6-11-25(22)39(2,3)37/h5-6,9-14,18-19H,4,7-8,15-17H2,1-3H3,(H,31,36)(H2,30,32,33,34). The van der Waals surface area contributed by atoms with E-state index in [0.717, 1.165) is 19.6 Å². The number of hydrogen-bond donors (Lipinski definition) is 3. The maximum absolute atomic E-state index is 12.8. The minimum absolute atomic E-state index is 0.208. The first-order valence-electron chi connectivity index (χ1n) is 12.8. The van der Waals surface area contributed by atoms with Crippen LogP contribution >= 0.6 is 18.7 Å². The molecule has 1 aliphatic rings.